The number of carbonyl (C=O) groups is 2. The minimum absolute atomic E-state index is 0.0791. The van der Waals surface area contributed by atoms with Crippen LogP contribution >= 0.6 is 27.3 Å². The van der Waals surface area contributed by atoms with E-state index < -0.39 is 11.9 Å². The van der Waals surface area contributed by atoms with E-state index in [1.54, 1.807) is 4.90 Å². The summed E-state index contributed by atoms with van der Waals surface area (Å²) in [6.07, 6.45) is 2.70. The van der Waals surface area contributed by atoms with Crippen molar-refractivity contribution in [3.8, 4) is 10.6 Å². The molecule has 1 aromatic heterocycles. The topological polar surface area (TPSA) is 76.3 Å². The van der Waals surface area contributed by atoms with Crippen molar-refractivity contribution in [1.29, 1.82) is 0 Å². The van der Waals surface area contributed by atoms with Gasteiger partial charge in [0.2, 0.25) is 11.8 Å². The Morgan fingerprint density at radius 2 is 2.21 bits per heavy atom. The number of halogens is 1. The molecule has 1 aromatic carbocycles. The molecule has 7 heteroatoms. The summed E-state index contributed by atoms with van der Waals surface area (Å²) in [5.74, 6) is -0.499. The maximum absolute atomic E-state index is 12.6. The monoisotopic (exact) mass is 407 g/mol. The first-order valence-corrected chi connectivity index (χ1v) is 9.51. The molecule has 0 radical (unpaired) electrons. The zero-order valence-electron chi connectivity index (χ0n) is 13.1. The first kappa shape index (κ1) is 17.1. The summed E-state index contributed by atoms with van der Waals surface area (Å²) in [6, 6.07) is 7.43. The van der Waals surface area contributed by atoms with E-state index in [1.165, 1.54) is 11.3 Å². The summed E-state index contributed by atoms with van der Waals surface area (Å²) < 4.78 is 0.991. The van der Waals surface area contributed by atoms with Crippen molar-refractivity contribution in [1.82, 2.24) is 9.88 Å². The number of likely N-dealkylation sites (tertiary alicyclic amines) is 1. The van der Waals surface area contributed by atoms with Gasteiger partial charge in [-0.3, -0.25) is 9.59 Å². The largest absolute Gasteiger partial charge is 0.368 e. The first-order chi connectivity index (χ1) is 11.5. The molecule has 2 amide bonds. The Hall–Kier alpha value is -1.73. The van der Waals surface area contributed by atoms with Crippen LogP contribution in [0.1, 0.15) is 25.0 Å². The van der Waals surface area contributed by atoms with Crippen LogP contribution in [0.3, 0.4) is 0 Å². The number of amides is 2. The van der Waals surface area contributed by atoms with Gasteiger partial charge in [0.25, 0.3) is 0 Å². The molecular weight excluding hydrogens is 390 g/mol. The Morgan fingerprint density at radius 1 is 1.38 bits per heavy atom. The van der Waals surface area contributed by atoms with E-state index in [9.17, 15) is 9.59 Å². The van der Waals surface area contributed by atoms with E-state index in [1.807, 2.05) is 29.6 Å². The van der Waals surface area contributed by atoms with E-state index in [4.69, 9.17) is 5.73 Å². The van der Waals surface area contributed by atoms with E-state index in [0.717, 1.165) is 33.6 Å². The Bertz CT molecular complexity index is 762. The van der Waals surface area contributed by atoms with Gasteiger partial charge in [0.15, 0.2) is 0 Å². The lowest BCUT2D eigenvalue weighted by Gasteiger charge is -2.33. The SMILES string of the molecule is NC(=O)C1CCCCN1C(=O)Cc1csc(-c2cccc(Br)c2)n1. The van der Waals surface area contributed by atoms with Crippen molar-refractivity contribution in [3.05, 3.63) is 39.8 Å². The lowest BCUT2D eigenvalue weighted by Crippen LogP contribution is -2.50. The summed E-state index contributed by atoms with van der Waals surface area (Å²) in [5.41, 5.74) is 7.18. The summed E-state index contributed by atoms with van der Waals surface area (Å²) in [4.78, 5) is 30.3. The predicted octanol–water partition coefficient (Wildman–Crippen LogP) is 2.98. The predicted molar refractivity (Wildman–Crippen MR) is 97.5 cm³/mol. The van der Waals surface area contributed by atoms with Crippen LogP contribution in [0.15, 0.2) is 34.1 Å². The number of nitrogens with two attached hydrogens (primary N) is 1. The van der Waals surface area contributed by atoms with Crippen molar-refractivity contribution in [2.24, 2.45) is 5.73 Å². The normalized spacial score (nSPS) is 17.7. The molecule has 1 unspecified atom stereocenters. The highest BCUT2D eigenvalue weighted by Gasteiger charge is 2.30. The Kier molecular flexibility index (Phi) is 5.30. The number of nitrogens with zero attached hydrogens (tertiary/aromatic N) is 2. The average molecular weight is 408 g/mol. The van der Waals surface area contributed by atoms with Gasteiger partial charge in [0.1, 0.15) is 11.0 Å². The third-order valence-electron chi connectivity index (χ3n) is 4.11. The Labute approximate surface area is 153 Å². The third kappa shape index (κ3) is 3.84. The molecule has 0 spiro atoms. The lowest BCUT2D eigenvalue weighted by molar-refractivity contribution is -0.140. The summed E-state index contributed by atoms with van der Waals surface area (Å²) in [6.45, 7) is 0.592. The number of aromatic nitrogens is 1. The smallest absolute Gasteiger partial charge is 0.240 e. The van der Waals surface area contributed by atoms with Crippen LogP contribution in [-0.4, -0.2) is 34.3 Å². The molecule has 0 aliphatic carbocycles. The van der Waals surface area contributed by atoms with Crippen LogP contribution in [0.2, 0.25) is 0 Å². The van der Waals surface area contributed by atoms with Crippen molar-refractivity contribution in [2.45, 2.75) is 31.7 Å². The van der Waals surface area contributed by atoms with Crippen LogP contribution in [0, 0.1) is 0 Å². The number of carbonyl (C=O) groups excluding carboxylic acids is 2. The molecule has 1 saturated heterocycles. The van der Waals surface area contributed by atoms with Gasteiger partial charge in [-0.1, -0.05) is 28.1 Å². The molecule has 3 rings (SSSR count). The van der Waals surface area contributed by atoms with E-state index >= 15 is 0 Å². The molecule has 126 valence electrons. The molecule has 0 bridgehead atoms. The molecule has 2 aromatic rings. The molecule has 1 atom stereocenters. The first-order valence-electron chi connectivity index (χ1n) is 7.84. The van der Waals surface area contributed by atoms with Crippen LogP contribution in [0.4, 0.5) is 0 Å². The summed E-state index contributed by atoms with van der Waals surface area (Å²) in [7, 11) is 0. The second-order valence-electron chi connectivity index (χ2n) is 5.83. The highest BCUT2D eigenvalue weighted by molar-refractivity contribution is 9.10. The molecule has 2 heterocycles. The van der Waals surface area contributed by atoms with Crippen LogP contribution < -0.4 is 5.73 Å². The molecule has 1 aliphatic heterocycles. The van der Waals surface area contributed by atoms with Gasteiger partial charge in [-0.05, 0) is 31.4 Å². The quantitative estimate of drug-likeness (QED) is 0.845. The van der Waals surface area contributed by atoms with Gasteiger partial charge in [-0.25, -0.2) is 4.98 Å². The fourth-order valence-electron chi connectivity index (χ4n) is 2.92. The number of primary amides is 1. The number of hydrogen-bond acceptors (Lipinski definition) is 4. The fraction of sp³-hybridized carbons (Fsp3) is 0.353. The molecule has 1 fully saturated rings. The van der Waals surface area contributed by atoms with E-state index in [2.05, 4.69) is 20.9 Å². The number of thiazole rings is 1. The molecule has 1 aliphatic rings. The fourth-order valence-corrected chi connectivity index (χ4v) is 4.14. The second kappa shape index (κ2) is 7.44. The number of rotatable bonds is 4. The van der Waals surface area contributed by atoms with Gasteiger partial charge < -0.3 is 10.6 Å². The maximum Gasteiger partial charge on any atom is 0.240 e. The zero-order valence-corrected chi connectivity index (χ0v) is 15.5. The number of benzene rings is 1. The molecule has 24 heavy (non-hydrogen) atoms. The highest BCUT2D eigenvalue weighted by Crippen LogP contribution is 2.27. The molecule has 2 N–H and O–H groups in total. The van der Waals surface area contributed by atoms with Gasteiger partial charge in [0.05, 0.1) is 12.1 Å². The van der Waals surface area contributed by atoms with Crippen molar-refractivity contribution < 1.29 is 9.59 Å². The highest BCUT2D eigenvalue weighted by atomic mass is 79.9. The van der Waals surface area contributed by atoms with Crippen molar-refractivity contribution >= 4 is 39.1 Å². The van der Waals surface area contributed by atoms with Crippen LogP contribution in [0.25, 0.3) is 10.6 Å². The van der Waals surface area contributed by atoms with Crippen molar-refractivity contribution in [2.75, 3.05) is 6.54 Å². The minimum atomic E-state index is -0.477. The number of piperidine rings is 1. The maximum atomic E-state index is 12.6. The summed E-state index contributed by atoms with van der Waals surface area (Å²) in [5, 5.41) is 2.78. The molecule has 0 saturated carbocycles. The second-order valence-corrected chi connectivity index (χ2v) is 7.61. The molecular formula is C17H18BrN3O2S. The van der Waals surface area contributed by atoms with E-state index in [-0.39, 0.29) is 12.3 Å². The zero-order chi connectivity index (χ0) is 17.1. The minimum Gasteiger partial charge on any atom is -0.368 e. The van der Waals surface area contributed by atoms with Gasteiger partial charge in [-0.15, -0.1) is 11.3 Å². The van der Waals surface area contributed by atoms with Crippen molar-refractivity contribution in [3.63, 3.8) is 0 Å². The van der Waals surface area contributed by atoms with Crippen LogP contribution in [-0.2, 0) is 16.0 Å². The number of hydrogen-bond donors (Lipinski definition) is 1. The standard InChI is InChI=1S/C17H18BrN3O2S/c18-12-5-3-4-11(8-12)17-20-13(10-24-17)9-15(22)21-7-2-1-6-14(21)16(19)23/h3-5,8,10,14H,1-2,6-7,9H2,(H2,19,23). The third-order valence-corrected chi connectivity index (χ3v) is 5.54. The Morgan fingerprint density at radius 3 is 2.96 bits per heavy atom. The van der Waals surface area contributed by atoms with Gasteiger partial charge in [0, 0.05) is 22.0 Å². The van der Waals surface area contributed by atoms with E-state index in [0.29, 0.717) is 13.0 Å². The van der Waals surface area contributed by atoms with Crippen LogP contribution in [0.5, 0.6) is 0 Å². The Balaban J connectivity index is 1.72. The lowest BCUT2D eigenvalue weighted by atomic mass is 10.0. The average Bonchev–Trinajstić information content (AvgIpc) is 3.03. The summed E-state index contributed by atoms with van der Waals surface area (Å²) >= 11 is 4.96. The van der Waals surface area contributed by atoms with Gasteiger partial charge in [-0.2, -0.15) is 0 Å². The molecule has 5 nitrogen and oxygen atoms in total. The van der Waals surface area contributed by atoms with Gasteiger partial charge >= 0.3 is 0 Å².